The molecule has 2 saturated heterocycles. The summed E-state index contributed by atoms with van der Waals surface area (Å²) in [7, 11) is 1.53. The number of carbonyl (C=O) groups excluding carboxylic acids is 3. The van der Waals surface area contributed by atoms with Gasteiger partial charge in [0.05, 0.1) is 24.5 Å². The highest BCUT2D eigenvalue weighted by Gasteiger charge is 2.64. The average Bonchev–Trinajstić information content (AvgIpc) is 2.77. The Bertz CT molecular complexity index is 1150. The van der Waals surface area contributed by atoms with Crippen molar-refractivity contribution in [1.29, 1.82) is 0 Å². The highest BCUT2D eigenvalue weighted by molar-refractivity contribution is 6.30. The number of rotatable bonds is 2. The summed E-state index contributed by atoms with van der Waals surface area (Å²) < 4.78 is 20.2. The van der Waals surface area contributed by atoms with E-state index in [0.717, 1.165) is 11.3 Å². The molecule has 0 radical (unpaired) electrons. The van der Waals surface area contributed by atoms with Crippen LogP contribution in [-0.4, -0.2) is 37.5 Å². The molecule has 172 valence electrons. The van der Waals surface area contributed by atoms with Crippen LogP contribution in [0.5, 0.6) is 5.75 Å². The Labute approximate surface area is 191 Å². The number of hydrogen-bond acceptors (Lipinski definition) is 5. The second-order valence-corrected chi connectivity index (χ2v) is 9.41. The summed E-state index contributed by atoms with van der Waals surface area (Å²) in [6.45, 7) is 4.61. The fourth-order valence-corrected chi connectivity index (χ4v) is 6.04. The van der Waals surface area contributed by atoms with Gasteiger partial charge < -0.3 is 9.64 Å². The van der Waals surface area contributed by atoms with Gasteiger partial charge in [0, 0.05) is 6.54 Å². The quantitative estimate of drug-likeness (QED) is 0.707. The maximum Gasteiger partial charge on any atom is 0.335 e. The maximum atomic E-state index is 15.0. The molecule has 0 aromatic heterocycles. The third-order valence-electron chi connectivity index (χ3n) is 7.23. The fraction of sp³-hybridized carbons (Fsp3) is 0.400. The minimum absolute atomic E-state index is 0.0323. The van der Waals surface area contributed by atoms with E-state index in [2.05, 4.69) is 12.2 Å². The lowest BCUT2D eigenvalue weighted by Gasteiger charge is -2.56. The van der Waals surface area contributed by atoms with E-state index in [4.69, 9.17) is 4.74 Å². The number of nitrogens with one attached hydrogen (secondary N) is 1. The summed E-state index contributed by atoms with van der Waals surface area (Å²) in [6, 6.07) is 9.94. The van der Waals surface area contributed by atoms with Crippen molar-refractivity contribution >= 4 is 29.2 Å². The Kier molecular flexibility index (Phi) is 4.92. The largest absolute Gasteiger partial charge is 0.497 e. The number of imide groups is 2. The molecule has 2 aromatic rings. The number of methoxy groups -OCH3 is 1. The second kappa shape index (κ2) is 7.57. The van der Waals surface area contributed by atoms with Crippen LogP contribution in [0.4, 0.5) is 20.6 Å². The number of anilines is 2. The predicted molar refractivity (Wildman–Crippen MR) is 121 cm³/mol. The zero-order valence-electron chi connectivity index (χ0n) is 18.8. The summed E-state index contributed by atoms with van der Waals surface area (Å²) in [5.41, 5.74) is -0.146. The van der Waals surface area contributed by atoms with Gasteiger partial charge in [-0.1, -0.05) is 26.0 Å². The first-order valence-corrected chi connectivity index (χ1v) is 11.2. The second-order valence-electron chi connectivity index (χ2n) is 9.41. The third-order valence-corrected chi connectivity index (χ3v) is 7.23. The molecule has 1 N–H and O–H groups in total. The molecule has 5 rings (SSSR count). The first-order chi connectivity index (χ1) is 15.8. The topological polar surface area (TPSA) is 79.0 Å². The van der Waals surface area contributed by atoms with Gasteiger partial charge in [-0.05, 0) is 60.6 Å². The number of nitrogens with zero attached hydrogens (tertiary/aromatic N) is 2. The number of benzene rings is 2. The average molecular weight is 451 g/mol. The number of fused-ring (bicyclic) bond motifs is 4. The minimum atomic E-state index is -1.55. The van der Waals surface area contributed by atoms with Gasteiger partial charge >= 0.3 is 6.03 Å². The van der Waals surface area contributed by atoms with E-state index in [1.807, 2.05) is 11.8 Å². The number of barbiturate groups is 1. The third kappa shape index (κ3) is 3.03. The monoisotopic (exact) mass is 451 g/mol. The van der Waals surface area contributed by atoms with E-state index < -0.39 is 29.3 Å². The molecule has 0 aliphatic carbocycles. The van der Waals surface area contributed by atoms with Crippen LogP contribution in [0.2, 0.25) is 0 Å². The van der Waals surface area contributed by atoms with E-state index in [1.165, 1.54) is 13.2 Å². The molecule has 3 aliphatic heterocycles. The molecule has 2 fully saturated rings. The lowest BCUT2D eigenvalue weighted by Crippen LogP contribution is -2.74. The van der Waals surface area contributed by atoms with E-state index in [9.17, 15) is 14.4 Å². The molecule has 7 nitrogen and oxygen atoms in total. The van der Waals surface area contributed by atoms with Crippen molar-refractivity contribution in [1.82, 2.24) is 5.32 Å². The molecule has 1 spiro atoms. The number of ether oxygens (including phenoxy) is 1. The van der Waals surface area contributed by atoms with Crippen LogP contribution in [0.1, 0.15) is 25.8 Å². The standard InChI is InChI=1S/C25H26FN3O4/c1-14-11-15(2)21-25(12-16-5-4-6-19(26)20(16)28(21)13-14)22(30)27-24(32)29(23(25)31)17-7-9-18(33-3)10-8-17/h4-10,14-15,21H,11-13H2,1-3H3,(H,27,30,32). The van der Waals surface area contributed by atoms with Gasteiger partial charge in [-0.3, -0.25) is 14.9 Å². The van der Waals surface area contributed by atoms with Crippen molar-refractivity contribution in [2.75, 3.05) is 23.5 Å². The zero-order chi connectivity index (χ0) is 23.5. The molecule has 8 heteroatoms. The van der Waals surface area contributed by atoms with Crippen LogP contribution in [0.15, 0.2) is 42.5 Å². The van der Waals surface area contributed by atoms with E-state index in [0.29, 0.717) is 29.2 Å². The lowest BCUT2D eigenvalue weighted by atomic mass is 9.62. The number of halogens is 1. The summed E-state index contributed by atoms with van der Waals surface area (Å²) in [6.07, 6.45) is 0.828. The smallest absolute Gasteiger partial charge is 0.335 e. The highest BCUT2D eigenvalue weighted by Crippen LogP contribution is 2.51. The van der Waals surface area contributed by atoms with Crippen LogP contribution in [0, 0.1) is 23.1 Å². The minimum Gasteiger partial charge on any atom is -0.497 e. The van der Waals surface area contributed by atoms with Crippen molar-refractivity contribution in [2.24, 2.45) is 17.3 Å². The van der Waals surface area contributed by atoms with Gasteiger partial charge in [-0.25, -0.2) is 14.1 Å². The molecule has 3 heterocycles. The van der Waals surface area contributed by atoms with Gasteiger partial charge in [0.15, 0.2) is 5.41 Å². The summed E-state index contributed by atoms with van der Waals surface area (Å²) >= 11 is 0. The Morgan fingerprint density at radius 2 is 1.82 bits per heavy atom. The van der Waals surface area contributed by atoms with Crippen molar-refractivity contribution in [3.63, 3.8) is 0 Å². The number of urea groups is 1. The van der Waals surface area contributed by atoms with Crippen LogP contribution >= 0.6 is 0 Å². The molecule has 33 heavy (non-hydrogen) atoms. The molecule has 4 unspecified atom stereocenters. The molecule has 4 amide bonds. The molecular weight excluding hydrogens is 425 g/mol. The molecule has 0 saturated carbocycles. The van der Waals surface area contributed by atoms with Crippen LogP contribution in [-0.2, 0) is 16.0 Å². The van der Waals surface area contributed by atoms with Gasteiger partial charge in [-0.2, -0.15) is 0 Å². The number of carbonyl (C=O) groups is 3. The first-order valence-electron chi connectivity index (χ1n) is 11.2. The summed E-state index contributed by atoms with van der Waals surface area (Å²) in [4.78, 5) is 43.5. The highest BCUT2D eigenvalue weighted by atomic mass is 19.1. The van der Waals surface area contributed by atoms with Crippen molar-refractivity contribution in [3.05, 3.63) is 53.8 Å². The van der Waals surface area contributed by atoms with Crippen molar-refractivity contribution in [2.45, 2.75) is 32.7 Å². The summed E-state index contributed by atoms with van der Waals surface area (Å²) in [5, 5.41) is 2.43. The number of para-hydroxylation sites is 1. The van der Waals surface area contributed by atoms with E-state index in [-0.39, 0.29) is 24.1 Å². The van der Waals surface area contributed by atoms with Gasteiger partial charge in [0.25, 0.3) is 5.91 Å². The van der Waals surface area contributed by atoms with E-state index >= 15 is 4.39 Å². The predicted octanol–water partition coefficient (Wildman–Crippen LogP) is 3.51. The lowest BCUT2D eigenvalue weighted by molar-refractivity contribution is -0.146. The zero-order valence-corrected chi connectivity index (χ0v) is 18.8. The van der Waals surface area contributed by atoms with Crippen molar-refractivity contribution < 1.29 is 23.5 Å². The Morgan fingerprint density at radius 3 is 2.52 bits per heavy atom. The fourth-order valence-electron chi connectivity index (χ4n) is 6.04. The number of hydrogen-bond donors (Lipinski definition) is 1. The Hall–Kier alpha value is -3.42. The molecule has 4 atom stereocenters. The Morgan fingerprint density at radius 1 is 1.09 bits per heavy atom. The van der Waals surface area contributed by atoms with E-state index in [1.54, 1.807) is 36.4 Å². The first kappa shape index (κ1) is 21.4. The van der Waals surface area contributed by atoms with Gasteiger partial charge in [0.1, 0.15) is 11.6 Å². The van der Waals surface area contributed by atoms with Crippen LogP contribution in [0.25, 0.3) is 0 Å². The Balaban J connectivity index is 1.68. The molecule has 2 aromatic carbocycles. The van der Waals surface area contributed by atoms with Crippen molar-refractivity contribution in [3.8, 4) is 5.75 Å². The van der Waals surface area contributed by atoms with Gasteiger partial charge in [0.2, 0.25) is 5.91 Å². The SMILES string of the molecule is COc1ccc(N2C(=O)NC(=O)C3(Cc4cccc(F)c4N4CC(C)CC(C)C43)C2=O)cc1. The molecular formula is C25H26FN3O4. The summed E-state index contributed by atoms with van der Waals surface area (Å²) in [5.74, 6) is -0.777. The molecule has 0 bridgehead atoms. The number of amides is 4. The number of piperidine rings is 1. The van der Waals surface area contributed by atoms with Crippen LogP contribution < -0.4 is 19.9 Å². The molecule has 3 aliphatic rings. The van der Waals surface area contributed by atoms with Crippen LogP contribution in [0.3, 0.4) is 0 Å². The van der Waals surface area contributed by atoms with Gasteiger partial charge in [-0.15, -0.1) is 0 Å². The maximum absolute atomic E-state index is 15.0. The normalized spacial score (nSPS) is 29.0.